The second kappa shape index (κ2) is 11.7. The first kappa shape index (κ1) is 45.3. The third-order valence-electron chi connectivity index (χ3n) is 5.52. The van der Waals surface area contributed by atoms with Crippen molar-refractivity contribution in [2.24, 2.45) is 0 Å². The lowest BCUT2D eigenvalue weighted by Crippen LogP contribution is -2.71. The number of alkyl halides is 26. The van der Waals surface area contributed by atoms with Gasteiger partial charge in [-0.1, -0.05) is 0 Å². The molecule has 0 fully saturated rings. The molecule has 0 saturated heterocycles. The number of rotatable bonds is 14. The summed E-state index contributed by atoms with van der Waals surface area (Å²) in [6, 6.07) is 0. The molecule has 0 heterocycles. The van der Waals surface area contributed by atoms with E-state index in [-0.39, 0.29) is 0 Å². The van der Waals surface area contributed by atoms with Crippen molar-refractivity contribution in [1.29, 1.82) is 0 Å². The summed E-state index contributed by atoms with van der Waals surface area (Å²) in [5.74, 6) is -82.4. The van der Waals surface area contributed by atoms with Gasteiger partial charge in [-0.05, 0) is 13.8 Å². The second-order valence-corrected chi connectivity index (χ2v) is 10.2. The zero-order chi connectivity index (χ0) is 39.1. The van der Waals surface area contributed by atoms with Gasteiger partial charge in [-0.2, -0.15) is 114 Å². The fraction of sp³-hybridized carbons (Fsp3) is 1.00. The van der Waals surface area contributed by atoms with Gasteiger partial charge in [-0.15, -0.1) is 0 Å². The molecule has 0 aliphatic carbocycles. The van der Waals surface area contributed by atoms with E-state index in [1.807, 2.05) is 0 Å². The zero-order valence-electron chi connectivity index (χ0n) is 21.1. The zero-order valence-corrected chi connectivity index (χ0v) is 22.0. The van der Waals surface area contributed by atoms with Crippen molar-refractivity contribution in [2.75, 3.05) is 0 Å². The van der Waals surface area contributed by atoms with E-state index in [0.29, 0.717) is 0 Å². The van der Waals surface area contributed by atoms with Gasteiger partial charge in [-0.3, -0.25) is 9.05 Å². The highest BCUT2D eigenvalue weighted by molar-refractivity contribution is 7.47. The number of halogens is 26. The first-order chi connectivity index (χ1) is 19.8. The maximum atomic E-state index is 14.0. The van der Waals surface area contributed by atoms with Gasteiger partial charge < -0.3 is 4.89 Å². The molecule has 0 saturated carbocycles. The topological polar surface area (TPSA) is 55.8 Å². The molecule has 4 nitrogen and oxygen atoms in total. The van der Waals surface area contributed by atoms with Crippen LogP contribution in [-0.4, -0.2) is 88.7 Å². The van der Waals surface area contributed by atoms with Gasteiger partial charge >= 0.3 is 79.4 Å². The molecule has 2 atom stereocenters. The molecule has 0 aliphatic rings. The minimum atomic E-state index is -8.59. The number of hydrogen-bond donors (Lipinski definition) is 1. The van der Waals surface area contributed by atoms with Crippen LogP contribution < -0.4 is 0 Å². The monoisotopic (exact) mass is 790 g/mol. The van der Waals surface area contributed by atoms with Crippen LogP contribution in [0.15, 0.2) is 0 Å². The highest BCUT2D eigenvalue weighted by Crippen LogP contribution is 2.64. The Morgan fingerprint density at radius 1 is 0.383 bits per heavy atom. The van der Waals surface area contributed by atoms with E-state index in [2.05, 4.69) is 9.05 Å². The summed E-state index contributed by atoms with van der Waals surface area (Å²) in [5, 5.41) is 0. The summed E-state index contributed by atoms with van der Waals surface area (Å²) in [7, 11) is -7.59. The van der Waals surface area contributed by atoms with Crippen LogP contribution in [0.3, 0.4) is 0 Å². The van der Waals surface area contributed by atoms with E-state index in [0.717, 1.165) is 0 Å². The van der Waals surface area contributed by atoms with Gasteiger partial charge in [0.1, 0.15) is 12.2 Å². The fourth-order valence-electron chi connectivity index (χ4n) is 2.63. The Kier molecular flexibility index (Phi) is 11.3. The van der Waals surface area contributed by atoms with E-state index < -0.39 is 105 Å². The van der Waals surface area contributed by atoms with Gasteiger partial charge in [0.2, 0.25) is 0 Å². The lowest BCUT2D eigenvalue weighted by Gasteiger charge is -2.41. The minimum Gasteiger partial charge on any atom is -0.302 e. The maximum absolute atomic E-state index is 14.0. The second-order valence-electron chi connectivity index (χ2n) is 8.80. The van der Waals surface area contributed by atoms with Crippen LogP contribution >= 0.6 is 7.82 Å². The average molecular weight is 790 g/mol. The maximum Gasteiger partial charge on any atom is 0.473 e. The average Bonchev–Trinajstić information content (AvgIpc) is 2.80. The highest BCUT2D eigenvalue weighted by atomic mass is 31.2. The lowest BCUT2D eigenvalue weighted by molar-refractivity contribution is -0.444. The Morgan fingerprint density at radius 2 is 0.553 bits per heavy atom. The van der Waals surface area contributed by atoms with Crippen molar-refractivity contribution in [3.05, 3.63) is 0 Å². The minimum absolute atomic E-state index is 1.03. The molecule has 0 spiro atoms. The Labute approximate surface area is 239 Å². The predicted molar refractivity (Wildman–Crippen MR) is 92.5 cm³/mol. The van der Waals surface area contributed by atoms with Crippen LogP contribution in [0.2, 0.25) is 0 Å². The third-order valence-corrected chi connectivity index (χ3v) is 6.68. The van der Waals surface area contributed by atoms with E-state index in [1.54, 1.807) is 0 Å². The summed E-state index contributed by atoms with van der Waals surface area (Å²) in [4.78, 5) is 9.06. The lowest BCUT2D eigenvalue weighted by atomic mass is 9.92. The molecule has 0 radical (unpaired) electrons. The standard InChI is InChI=1S/C16H9F26O4P/c1-3(5(17,18)7(21,22)9(25,26)11(29,30)13(33,34)15(37,38)39)45-47(43,44)46-4(2)6(19,20)8(23,24)10(27,28)12(31,32)14(35,36)16(40,41)42/h3-4H,1-2H3,(H,43,44). The predicted octanol–water partition coefficient (Wildman–Crippen LogP) is 9.37. The summed E-state index contributed by atoms with van der Waals surface area (Å²) >= 11 is 0. The van der Waals surface area contributed by atoms with Crippen LogP contribution in [0.1, 0.15) is 13.8 Å². The third kappa shape index (κ3) is 6.51. The molecule has 0 aromatic carbocycles. The number of phosphoric ester groups is 1. The van der Waals surface area contributed by atoms with Gasteiger partial charge in [-0.25, -0.2) is 4.57 Å². The van der Waals surface area contributed by atoms with Crippen LogP contribution in [0.4, 0.5) is 114 Å². The van der Waals surface area contributed by atoms with Crippen LogP contribution in [0.25, 0.3) is 0 Å². The Hall–Kier alpha value is -1.71. The molecule has 0 amide bonds. The molecule has 284 valence electrons. The SMILES string of the molecule is CC(OP(=O)(O)OC(C)C(F)(F)C(F)(F)C(F)(F)C(F)(F)C(F)(F)C(F)(F)F)C(F)(F)C(F)(F)C(F)(F)C(F)(F)C(F)(F)C(F)(F)F. The summed E-state index contributed by atoms with van der Waals surface area (Å²) in [6.07, 6.45) is -25.6. The van der Waals surface area contributed by atoms with Gasteiger partial charge in [0.15, 0.2) is 0 Å². The molecule has 47 heavy (non-hydrogen) atoms. The molecule has 2 unspecified atom stereocenters. The molecule has 0 aromatic rings. The summed E-state index contributed by atoms with van der Waals surface area (Å²) < 4.78 is 359. The first-order valence-electron chi connectivity index (χ1n) is 10.4. The molecule has 0 bridgehead atoms. The first-order valence-corrected chi connectivity index (χ1v) is 11.9. The summed E-state index contributed by atoms with van der Waals surface area (Å²) in [5.41, 5.74) is 0. The Morgan fingerprint density at radius 3 is 0.723 bits per heavy atom. The Bertz CT molecular complexity index is 1080. The number of phosphoric acid groups is 1. The van der Waals surface area contributed by atoms with Gasteiger partial charge in [0, 0.05) is 0 Å². The molecule has 0 aliphatic heterocycles. The Balaban J connectivity index is 6.59. The normalized spacial score (nSPS) is 19.0. The molecule has 31 heteroatoms. The van der Waals surface area contributed by atoms with Crippen LogP contribution in [-0.2, 0) is 13.6 Å². The molecular weight excluding hydrogens is 781 g/mol. The van der Waals surface area contributed by atoms with Crippen molar-refractivity contribution in [2.45, 2.75) is 97.6 Å². The van der Waals surface area contributed by atoms with Gasteiger partial charge in [0.25, 0.3) is 0 Å². The number of hydrogen-bond acceptors (Lipinski definition) is 3. The molecule has 0 aromatic heterocycles. The van der Waals surface area contributed by atoms with Crippen molar-refractivity contribution < 1.29 is 133 Å². The largest absolute Gasteiger partial charge is 0.473 e. The smallest absolute Gasteiger partial charge is 0.302 e. The van der Waals surface area contributed by atoms with Crippen LogP contribution in [0, 0.1) is 0 Å². The van der Waals surface area contributed by atoms with Gasteiger partial charge in [0.05, 0.1) is 0 Å². The summed E-state index contributed by atoms with van der Waals surface area (Å²) in [6.45, 7) is -2.05. The van der Waals surface area contributed by atoms with E-state index in [1.165, 1.54) is 0 Å². The van der Waals surface area contributed by atoms with Crippen molar-refractivity contribution >= 4 is 7.82 Å². The van der Waals surface area contributed by atoms with Crippen molar-refractivity contribution in [3.63, 3.8) is 0 Å². The molecule has 0 rings (SSSR count). The highest BCUT2D eigenvalue weighted by Gasteiger charge is 2.93. The quantitative estimate of drug-likeness (QED) is 0.141. The fourth-order valence-corrected chi connectivity index (χ4v) is 3.74. The molecule has 1 N–H and O–H groups in total. The van der Waals surface area contributed by atoms with Crippen molar-refractivity contribution in [3.8, 4) is 0 Å². The van der Waals surface area contributed by atoms with Crippen molar-refractivity contribution in [1.82, 2.24) is 0 Å². The van der Waals surface area contributed by atoms with Crippen LogP contribution in [0.5, 0.6) is 0 Å². The van der Waals surface area contributed by atoms with E-state index in [4.69, 9.17) is 4.89 Å². The molecular formula is C16H9F26O4P. The van der Waals surface area contributed by atoms with E-state index >= 15 is 0 Å². The van der Waals surface area contributed by atoms with E-state index in [9.17, 15) is 119 Å².